The third-order valence-corrected chi connectivity index (χ3v) is 38.7. The van der Waals surface area contributed by atoms with Crippen molar-refractivity contribution in [2.24, 2.45) is 0 Å². The second kappa shape index (κ2) is 110. The zero-order valence-electron chi connectivity index (χ0n) is 98.4. The Morgan fingerprint density at radius 2 is 0.295 bits per heavy atom. The van der Waals surface area contributed by atoms with Crippen LogP contribution < -0.4 is 10.6 Å². The highest BCUT2D eigenvalue weighted by Gasteiger charge is 2.20. The van der Waals surface area contributed by atoms with Gasteiger partial charge >= 0.3 is 0 Å². The Morgan fingerprint density at radius 3 is 0.445 bits per heavy atom. The van der Waals surface area contributed by atoms with Crippen LogP contribution in [0.2, 0.25) is 0 Å². The van der Waals surface area contributed by atoms with Gasteiger partial charge in [0.05, 0.1) is 0 Å². The number of benzene rings is 3. The number of nitrogens with one attached hydrogen (secondary N) is 2. The summed E-state index contributed by atoms with van der Waals surface area (Å²) in [6.07, 6.45) is 144. The molecule has 0 saturated heterocycles. The van der Waals surface area contributed by atoms with E-state index in [0.717, 1.165) is 39.9 Å². The Bertz CT molecular complexity index is 3000. The zero-order valence-corrected chi connectivity index (χ0v) is 103. The normalized spacial score (nSPS) is 11.7. The van der Waals surface area contributed by atoms with E-state index in [1.807, 2.05) is 0 Å². The van der Waals surface area contributed by atoms with Crippen LogP contribution in [-0.2, 0) is 0 Å². The van der Waals surface area contributed by atoms with E-state index in [-0.39, 0.29) is 0 Å². The summed E-state index contributed by atoms with van der Waals surface area (Å²) in [5, 5.41) is 7.99. The van der Waals surface area contributed by atoms with E-state index in [9.17, 15) is 0 Å². The molecular formula is C135H245N5S6. The molecule has 0 radical (unpaired) electrons. The number of unbranched alkanes of at least 4 members (excludes halogenated alkanes) is 96. The molecule has 3 aromatic carbocycles. The first-order valence-electron chi connectivity index (χ1n) is 66.0. The number of thioether (sulfide) groups is 6. The van der Waals surface area contributed by atoms with Gasteiger partial charge in [-0.15, -0.1) is 70.6 Å². The molecule has 0 amide bonds. The standard InChI is InChI=1S/C135H245N5S6/c1-7-13-19-25-31-37-43-49-55-61-67-73-79-85-91-97-106-114-141-127-120-125(121-128(142-115-107-98-92-86-80-74-68-62-56-50-44-38-32-26-20-14-8-2)131(127)145-118-110-101-95-89-83-77-71-65-59-53-47-41-35-29-23-17-11-5)136-134-138-133(124-112-104-103-105-113-124)139-135(140-134)137-126-122-129(143-116-108-99-93-87-81-75-69-63-57-51-45-39-33-27-21-15-9-3)132(146-119-111-102-96-90-84-78-72-66-60-54-48-42-36-30-24-18-12-6)130(123-126)144-117-109-100-94-88-82-76-70-64-58-52-46-40-34-28-22-16-10-4/h103-105,112-113,120-123H,7-102,106-111,114-119H2,1-6H3,(H2,136,137,138,139,140). The number of nitrogens with zero attached hydrogens (tertiary/aromatic N) is 3. The fourth-order valence-electron chi connectivity index (χ4n) is 21.5. The van der Waals surface area contributed by atoms with Crippen LogP contribution in [0.4, 0.5) is 23.3 Å². The molecule has 0 aliphatic rings. The highest BCUT2D eigenvalue weighted by Crippen LogP contribution is 2.46. The van der Waals surface area contributed by atoms with Gasteiger partial charge in [0.2, 0.25) is 11.9 Å². The van der Waals surface area contributed by atoms with Gasteiger partial charge in [0, 0.05) is 46.3 Å². The average molecular weight is 2130 g/mol. The van der Waals surface area contributed by atoms with Gasteiger partial charge in [0.25, 0.3) is 0 Å². The number of hydrogen-bond donors (Lipinski definition) is 2. The van der Waals surface area contributed by atoms with Crippen LogP contribution in [0.1, 0.15) is 696 Å². The van der Waals surface area contributed by atoms with E-state index in [2.05, 4.69) is 177 Å². The van der Waals surface area contributed by atoms with Crippen molar-refractivity contribution in [3.8, 4) is 11.4 Å². The maximum atomic E-state index is 5.50. The minimum atomic E-state index is 0.613. The van der Waals surface area contributed by atoms with Crippen LogP contribution in [0.25, 0.3) is 11.4 Å². The Kier molecular flexibility index (Phi) is 103. The van der Waals surface area contributed by atoms with Crippen molar-refractivity contribution < 1.29 is 0 Å². The molecule has 846 valence electrons. The summed E-state index contributed by atoms with van der Waals surface area (Å²) in [6, 6.07) is 20.8. The van der Waals surface area contributed by atoms with Crippen molar-refractivity contribution in [1.29, 1.82) is 0 Å². The van der Waals surface area contributed by atoms with Crippen LogP contribution in [0.15, 0.2) is 84.0 Å². The first-order valence-corrected chi connectivity index (χ1v) is 71.9. The summed E-state index contributed by atoms with van der Waals surface area (Å²) in [7, 11) is 0. The molecule has 0 spiro atoms. The Balaban J connectivity index is 1.66. The summed E-state index contributed by atoms with van der Waals surface area (Å²) in [6.45, 7) is 14.0. The lowest BCUT2D eigenvalue weighted by Crippen LogP contribution is -2.06. The molecule has 5 nitrogen and oxygen atoms in total. The topological polar surface area (TPSA) is 62.7 Å². The molecule has 4 aromatic rings. The quantitative estimate of drug-likeness (QED) is 0.0328. The molecular weight excluding hydrogens is 1880 g/mol. The molecule has 1 aromatic heterocycles. The highest BCUT2D eigenvalue weighted by molar-refractivity contribution is 8.04. The van der Waals surface area contributed by atoms with Gasteiger partial charge in [-0.3, -0.25) is 0 Å². The lowest BCUT2D eigenvalue weighted by atomic mass is 10.0. The van der Waals surface area contributed by atoms with Crippen molar-refractivity contribution >= 4 is 93.8 Å². The first kappa shape index (κ1) is 137. The maximum Gasteiger partial charge on any atom is 0.232 e. The van der Waals surface area contributed by atoms with Gasteiger partial charge in [0.1, 0.15) is 0 Å². The van der Waals surface area contributed by atoms with E-state index in [0.29, 0.717) is 17.7 Å². The van der Waals surface area contributed by atoms with E-state index in [1.165, 1.54) is 696 Å². The summed E-state index contributed by atoms with van der Waals surface area (Å²) in [4.78, 5) is 25.2. The van der Waals surface area contributed by atoms with Gasteiger partial charge in [-0.05, 0) is 97.3 Å². The van der Waals surface area contributed by atoms with E-state index in [1.54, 1.807) is 0 Å². The predicted octanol–water partition coefficient (Wildman–Crippen LogP) is 51.5. The predicted molar refractivity (Wildman–Crippen MR) is 674 cm³/mol. The molecule has 0 bridgehead atoms. The van der Waals surface area contributed by atoms with E-state index < -0.39 is 0 Å². The van der Waals surface area contributed by atoms with Gasteiger partial charge in [-0.25, -0.2) is 0 Å². The Hall–Kier alpha value is -1.63. The van der Waals surface area contributed by atoms with Crippen molar-refractivity contribution in [2.45, 2.75) is 726 Å². The van der Waals surface area contributed by atoms with Crippen molar-refractivity contribution in [3.63, 3.8) is 0 Å². The largest absolute Gasteiger partial charge is 0.324 e. The highest BCUT2D eigenvalue weighted by atomic mass is 32.2. The van der Waals surface area contributed by atoms with Gasteiger partial charge < -0.3 is 10.6 Å². The summed E-state index contributed by atoms with van der Waals surface area (Å²) < 4.78 is 0. The lowest BCUT2D eigenvalue weighted by molar-refractivity contribution is 0.529. The molecule has 1 heterocycles. The fourth-order valence-corrected chi connectivity index (χ4v) is 29.0. The monoisotopic (exact) mass is 2130 g/mol. The molecule has 0 saturated carbocycles. The molecule has 0 aliphatic carbocycles. The number of rotatable bonds is 119. The second-order valence-corrected chi connectivity index (χ2v) is 52.3. The van der Waals surface area contributed by atoms with Gasteiger partial charge in [-0.2, -0.15) is 15.0 Å². The SMILES string of the molecule is CCCCCCCCCCCCCCCCCCCSc1cc(Nc2nc(Nc3cc(SCCCCCCCCCCCCCCCCCCC)c(SCCCCCCCCCCCCCCCCCCC)c(SCCCCCCCCCCCCCCCCCCC)c3)nc(-c3ccccc3)n2)cc(SCCCCCCCCCCCCCCCCCCC)c1SCCCCCCCCCCCCCCCCCCC. The summed E-state index contributed by atoms with van der Waals surface area (Å²) in [5.74, 6) is 8.94. The lowest BCUT2D eigenvalue weighted by Gasteiger charge is -2.19. The third-order valence-electron chi connectivity index (χ3n) is 31.2. The molecule has 0 unspecified atom stereocenters. The van der Waals surface area contributed by atoms with Crippen molar-refractivity contribution in [2.75, 3.05) is 45.2 Å². The van der Waals surface area contributed by atoms with Crippen molar-refractivity contribution in [1.82, 2.24) is 15.0 Å². The molecule has 11 heteroatoms. The molecule has 146 heavy (non-hydrogen) atoms. The van der Waals surface area contributed by atoms with Crippen molar-refractivity contribution in [3.05, 3.63) is 54.6 Å². The third kappa shape index (κ3) is 85.6. The second-order valence-electron chi connectivity index (χ2n) is 45.6. The number of anilines is 4. The zero-order chi connectivity index (χ0) is 103. The minimum absolute atomic E-state index is 0.613. The number of hydrogen-bond acceptors (Lipinski definition) is 11. The number of aromatic nitrogens is 3. The first-order chi connectivity index (χ1) is 72.5. The van der Waals surface area contributed by atoms with Gasteiger partial charge in [-0.1, -0.05) is 688 Å². The van der Waals surface area contributed by atoms with Crippen LogP contribution in [-0.4, -0.2) is 49.5 Å². The molecule has 0 aliphatic heterocycles. The summed E-state index contributed by atoms with van der Waals surface area (Å²) >= 11 is 12.9. The molecule has 0 fully saturated rings. The molecule has 4 rings (SSSR count). The van der Waals surface area contributed by atoms with E-state index >= 15 is 0 Å². The van der Waals surface area contributed by atoms with Gasteiger partial charge in [0.15, 0.2) is 5.82 Å². The Labute approximate surface area is 938 Å². The maximum absolute atomic E-state index is 5.50. The van der Waals surface area contributed by atoms with E-state index in [4.69, 9.17) is 15.0 Å². The summed E-state index contributed by atoms with van der Waals surface area (Å²) in [5.41, 5.74) is 3.22. The van der Waals surface area contributed by atoms with Crippen LogP contribution in [0.5, 0.6) is 0 Å². The van der Waals surface area contributed by atoms with Crippen LogP contribution in [0.3, 0.4) is 0 Å². The minimum Gasteiger partial charge on any atom is -0.324 e. The van der Waals surface area contributed by atoms with Crippen LogP contribution in [0, 0.1) is 0 Å². The molecule has 0 atom stereocenters. The Morgan fingerprint density at radius 1 is 0.158 bits per heavy atom. The smallest absolute Gasteiger partial charge is 0.232 e. The molecule has 2 N–H and O–H groups in total. The fraction of sp³-hybridized carbons (Fsp3) is 0.844. The average Bonchev–Trinajstić information content (AvgIpc) is 0.801. The van der Waals surface area contributed by atoms with Crippen LogP contribution >= 0.6 is 70.6 Å².